The van der Waals surface area contributed by atoms with E-state index < -0.39 is 0 Å². The Hall–Kier alpha value is -2.01. The highest BCUT2D eigenvalue weighted by molar-refractivity contribution is 8.15. The van der Waals surface area contributed by atoms with E-state index in [-0.39, 0.29) is 11.9 Å². The first kappa shape index (κ1) is 19.0. The molecule has 3 nitrogen and oxygen atoms in total. The lowest BCUT2D eigenvalue weighted by molar-refractivity contribution is -0.125. The third-order valence-electron chi connectivity index (χ3n) is 5.49. The van der Waals surface area contributed by atoms with Crippen LogP contribution in [0.25, 0.3) is 6.08 Å². The molecule has 6 heteroatoms. The van der Waals surface area contributed by atoms with Crippen LogP contribution >= 0.6 is 35.0 Å². The summed E-state index contributed by atoms with van der Waals surface area (Å²) in [4.78, 5) is 19.5. The molecule has 1 unspecified atom stereocenters. The fourth-order valence-electron chi connectivity index (χ4n) is 4.18. The van der Waals surface area contributed by atoms with Crippen molar-refractivity contribution in [1.82, 2.24) is 4.90 Å². The van der Waals surface area contributed by atoms with Gasteiger partial charge in [-0.05, 0) is 71.9 Å². The van der Waals surface area contributed by atoms with Gasteiger partial charge in [-0.15, -0.1) is 0 Å². The molecule has 0 spiro atoms. The average Bonchev–Trinajstić information content (AvgIpc) is 3.10. The minimum Gasteiger partial charge on any atom is -0.279 e. The van der Waals surface area contributed by atoms with Gasteiger partial charge in [-0.2, -0.15) is 0 Å². The van der Waals surface area contributed by atoms with Gasteiger partial charge in [0.1, 0.15) is 0 Å². The lowest BCUT2D eigenvalue weighted by atomic mass is 9.83. The molecule has 0 bridgehead atoms. The normalized spacial score (nSPS) is 22.6. The number of nitrogens with zero attached hydrogens (tertiary/aromatic N) is 2. The maximum absolute atomic E-state index is 12.7. The number of halogens is 2. The number of thioether (sulfide) groups is 1. The van der Waals surface area contributed by atoms with Crippen molar-refractivity contribution in [1.29, 1.82) is 0 Å². The van der Waals surface area contributed by atoms with Crippen LogP contribution in [0.3, 0.4) is 0 Å². The smallest absolute Gasteiger partial charge is 0.239 e. The van der Waals surface area contributed by atoms with Crippen LogP contribution in [0.15, 0.2) is 70.4 Å². The largest absolute Gasteiger partial charge is 0.279 e. The van der Waals surface area contributed by atoms with Crippen molar-refractivity contribution in [2.75, 3.05) is 5.75 Å². The van der Waals surface area contributed by atoms with E-state index in [0.29, 0.717) is 10.8 Å². The number of rotatable bonds is 2. The van der Waals surface area contributed by atoms with Gasteiger partial charge in [0.15, 0.2) is 5.17 Å². The molecule has 0 N–H and O–H groups in total. The molecule has 1 amide bonds. The van der Waals surface area contributed by atoms with E-state index in [0.717, 1.165) is 46.3 Å². The van der Waals surface area contributed by atoms with Crippen molar-refractivity contribution in [2.45, 2.75) is 25.3 Å². The summed E-state index contributed by atoms with van der Waals surface area (Å²) in [5.41, 5.74) is 5.68. The molecule has 1 fully saturated rings. The molecule has 5 rings (SSSR count). The number of amides is 1. The number of benzene rings is 2. The molecule has 0 saturated carbocycles. The van der Waals surface area contributed by atoms with Gasteiger partial charge in [-0.1, -0.05) is 59.2 Å². The molecular weight excluding hydrogens is 423 g/mol. The minimum atomic E-state index is -0.105. The first-order valence-corrected chi connectivity index (χ1v) is 11.3. The standard InChI is InChI=1S/C23H18Cl2N2OS/c24-17-8-4-14(5-9-17)12-16-2-1-3-19-21(16)26-23-27(20(28)13-29-23)22(19)15-6-10-18(25)11-7-15/h4-12,22H,1-3,13H2. The Bertz CT molecular complexity index is 1070. The summed E-state index contributed by atoms with van der Waals surface area (Å²) >= 11 is 13.7. The number of carbonyl (C=O) groups excluding carboxylic acids is 1. The Morgan fingerprint density at radius 2 is 1.69 bits per heavy atom. The molecule has 3 aliphatic rings. The number of hydrogen-bond donors (Lipinski definition) is 0. The summed E-state index contributed by atoms with van der Waals surface area (Å²) in [6.07, 6.45) is 5.16. The van der Waals surface area contributed by atoms with E-state index in [4.69, 9.17) is 28.2 Å². The quantitative estimate of drug-likeness (QED) is 0.533. The van der Waals surface area contributed by atoms with Crippen LogP contribution in [0.5, 0.6) is 0 Å². The van der Waals surface area contributed by atoms with Crippen molar-refractivity contribution in [3.05, 3.63) is 86.5 Å². The van der Waals surface area contributed by atoms with Crippen LogP contribution in [-0.2, 0) is 4.79 Å². The van der Waals surface area contributed by atoms with Crippen LogP contribution in [0.1, 0.15) is 36.4 Å². The number of aliphatic imine (C=N–C) groups is 1. The van der Waals surface area contributed by atoms with Gasteiger partial charge in [0.25, 0.3) is 0 Å². The molecule has 2 aromatic rings. The molecule has 1 atom stereocenters. The van der Waals surface area contributed by atoms with Crippen molar-refractivity contribution in [3.63, 3.8) is 0 Å². The fourth-order valence-corrected chi connectivity index (χ4v) is 5.33. The molecule has 1 aliphatic carbocycles. The van der Waals surface area contributed by atoms with E-state index in [9.17, 15) is 4.79 Å². The zero-order valence-corrected chi connectivity index (χ0v) is 17.9. The highest BCUT2D eigenvalue weighted by atomic mass is 35.5. The maximum atomic E-state index is 12.7. The Labute approximate surface area is 184 Å². The second kappa shape index (κ2) is 7.67. The van der Waals surface area contributed by atoms with Crippen molar-refractivity contribution in [2.24, 2.45) is 4.99 Å². The molecule has 1 saturated heterocycles. The van der Waals surface area contributed by atoms with Crippen LogP contribution in [0.4, 0.5) is 0 Å². The van der Waals surface area contributed by atoms with Gasteiger partial charge in [0.05, 0.1) is 17.5 Å². The minimum absolute atomic E-state index is 0.105. The molecule has 29 heavy (non-hydrogen) atoms. The molecule has 2 aliphatic heterocycles. The lowest BCUT2D eigenvalue weighted by Crippen LogP contribution is -2.38. The zero-order valence-electron chi connectivity index (χ0n) is 15.6. The fraction of sp³-hybridized carbons (Fsp3) is 0.217. The Morgan fingerprint density at radius 3 is 2.41 bits per heavy atom. The van der Waals surface area contributed by atoms with Gasteiger partial charge in [0.2, 0.25) is 5.91 Å². The van der Waals surface area contributed by atoms with Gasteiger partial charge < -0.3 is 0 Å². The number of carbonyl (C=O) groups is 1. The van der Waals surface area contributed by atoms with E-state index in [1.165, 1.54) is 22.9 Å². The summed E-state index contributed by atoms with van der Waals surface area (Å²) in [6, 6.07) is 15.6. The predicted octanol–water partition coefficient (Wildman–Crippen LogP) is 6.50. The van der Waals surface area contributed by atoms with Gasteiger partial charge in [0, 0.05) is 10.0 Å². The third kappa shape index (κ3) is 3.54. The van der Waals surface area contributed by atoms with E-state index in [2.05, 4.69) is 6.08 Å². The van der Waals surface area contributed by atoms with Gasteiger partial charge >= 0.3 is 0 Å². The van der Waals surface area contributed by atoms with Crippen molar-refractivity contribution < 1.29 is 4.79 Å². The molecule has 146 valence electrons. The zero-order chi connectivity index (χ0) is 20.0. The highest BCUT2D eigenvalue weighted by Crippen LogP contribution is 2.47. The van der Waals surface area contributed by atoms with Crippen LogP contribution < -0.4 is 0 Å². The second-order valence-electron chi connectivity index (χ2n) is 7.35. The Kier molecular flexibility index (Phi) is 5.02. The summed E-state index contributed by atoms with van der Waals surface area (Å²) in [7, 11) is 0. The first-order chi connectivity index (χ1) is 14.1. The van der Waals surface area contributed by atoms with Crippen molar-refractivity contribution in [3.8, 4) is 0 Å². The predicted molar refractivity (Wildman–Crippen MR) is 121 cm³/mol. The van der Waals surface area contributed by atoms with E-state index in [1.54, 1.807) is 0 Å². The Morgan fingerprint density at radius 1 is 1.00 bits per heavy atom. The van der Waals surface area contributed by atoms with Crippen LogP contribution in [0, 0.1) is 0 Å². The van der Waals surface area contributed by atoms with Gasteiger partial charge in [-0.3, -0.25) is 9.69 Å². The number of hydrogen-bond acceptors (Lipinski definition) is 3. The van der Waals surface area contributed by atoms with Gasteiger partial charge in [-0.25, -0.2) is 4.99 Å². The first-order valence-electron chi connectivity index (χ1n) is 9.59. The van der Waals surface area contributed by atoms with Crippen molar-refractivity contribution >= 4 is 52.1 Å². The third-order valence-corrected chi connectivity index (χ3v) is 6.93. The average molecular weight is 441 g/mol. The molecule has 2 aromatic carbocycles. The summed E-state index contributed by atoms with van der Waals surface area (Å²) in [5.74, 6) is 0.564. The lowest BCUT2D eigenvalue weighted by Gasteiger charge is -2.37. The molecule has 0 radical (unpaired) electrons. The van der Waals surface area contributed by atoms with E-state index >= 15 is 0 Å². The summed E-state index contributed by atoms with van der Waals surface area (Å²) in [5, 5.41) is 2.23. The highest BCUT2D eigenvalue weighted by Gasteiger charge is 2.42. The second-order valence-corrected chi connectivity index (χ2v) is 9.16. The van der Waals surface area contributed by atoms with E-state index in [1.807, 2.05) is 53.4 Å². The monoisotopic (exact) mass is 440 g/mol. The topological polar surface area (TPSA) is 32.7 Å². The number of allylic oxidation sites excluding steroid dienone is 1. The van der Waals surface area contributed by atoms with Crippen LogP contribution in [-0.4, -0.2) is 21.7 Å². The number of amidine groups is 1. The van der Waals surface area contributed by atoms with Crippen LogP contribution in [0.2, 0.25) is 10.0 Å². The summed E-state index contributed by atoms with van der Waals surface area (Å²) < 4.78 is 0. The SMILES string of the molecule is O=C1CSC2=NC3=C(CCCC3=Cc3ccc(Cl)cc3)C(c3ccc(Cl)cc3)N12. The molecular formula is C23H18Cl2N2OS. The number of fused-ring (bicyclic) bond motifs is 1. The maximum Gasteiger partial charge on any atom is 0.239 e. The molecule has 2 heterocycles. The molecule has 0 aromatic heterocycles. The summed E-state index contributed by atoms with van der Waals surface area (Å²) in [6.45, 7) is 0. The Balaban J connectivity index is 1.64.